The zero-order valence-corrected chi connectivity index (χ0v) is 13.4. The number of hydrogen-bond acceptors (Lipinski definition) is 4. The molecule has 2 atom stereocenters. The van der Waals surface area contributed by atoms with E-state index in [-0.39, 0.29) is 30.2 Å². The van der Waals surface area contributed by atoms with Gasteiger partial charge in [-0.25, -0.2) is 9.36 Å². The van der Waals surface area contributed by atoms with Crippen LogP contribution in [0.5, 0.6) is 0 Å². The van der Waals surface area contributed by atoms with Gasteiger partial charge in [0.15, 0.2) is 18.9 Å². The summed E-state index contributed by atoms with van der Waals surface area (Å²) >= 11 is 1.51. The molecule has 2 aliphatic heterocycles. The molecular weight excluding hydrogens is 316 g/mol. The summed E-state index contributed by atoms with van der Waals surface area (Å²) in [5.74, 6) is -0.705. The number of carbonyl (C=O) groups excluding carboxylic acids is 1. The van der Waals surface area contributed by atoms with Gasteiger partial charge in [0.25, 0.3) is 0 Å². The summed E-state index contributed by atoms with van der Waals surface area (Å²) in [6, 6.07) is 5.76. The summed E-state index contributed by atoms with van der Waals surface area (Å²) in [4.78, 5) is 25.8. The molecule has 1 aromatic heterocycles. The Morgan fingerprint density at radius 3 is 2.74 bits per heavy atom. The SMILES string of the molecule is O=C(O)C1=C(SCC[n+]2ccccc2)CC2[C@H](CCO)C(=O)N12. The average molecular weight is 335 g/mol. The van der Waals surface area contributed by atoms with Crippen LogP contribution in [0.1, 0.15) is 12.8 Å². The van der Waals surface area contributed by atoms with Crippen molar-refractivity contribution in [1.82, 2.24) is 4.90 Å². The first-order valence-electron chi connectivity index (χ1n) is 7.60. The quantitative estimate of drug-likeness (QED) is 0.564. The van der Waals surface area contributed by atoms with Gasteiger partial charge in [0.2, 0.25) is 5.91 Å². The fraction of sp³-hybridized carbons (Fsp3) is 0.438. The molecule has 0 saturated carbocycles. The van der Waals surface area contributed by atoms with Gasteiger partial charge in [-0.05, 0) is 6.42 Å². The fourth-order valence-corrected chi connectivity index (χ4v) is 4.36. The Kier molecular flexibility index (Phi) is 4.68. The van der Waals surface area contributed by atoms with E-state index in [0.717, 1.165) is 17.2 Å². The van der Waals surface area contributed by atoms with Crippen LogP contribution in [0, 0.1) is 5.92 Å². The van der Waals surface area contributed by atoms with Crippen molar-refractivity contribution in [3.05, 3.63) is 41.2 Å². The highest BCUT2D eigenvalue weighted by molar-refractivity contribution is 8.03. The number of aryl methyl sites for hydroxylation is 1. The normalized spacial score (nSPS) is 23.0. The van der Waals surface area contributed by atoms with Crippen LogP contribution in [0.3, 0.4) is 0 Å². The highest BCUT2D eigenvalue weighted by atomic mass is 32.2. The van der Waals surface area contributed by atoms with E-state index in [4.69, 9.17) is 5.11 Å². The minimum atomic E-state index is -1.04. The number of carbonyl (C=O) groups is 2. The number of carboxylic acids is 1. The molecule has 7 heteroatoms. The number of aliphatic hydroxyl groups excluding tert-OH is 1. The lowest BCUT2D eigenvalue weighted by Gasteiger charge is -2.43. The number of nitrogens with zero attached hydrogens (tertiary/aromatic N) is 2. The summed E-state index contributed by atoms with van der Waals surface area (Å²) < 4.78 is 2.04. The monoisotopic (exact) mass is 335 g/mol. The number of hydrogen-bond donors (Lipinski definition) is 2. The van der Waals surface area contributed by atoms with Crippen LogP contribution in [0.15, 0.2) is 41.2 Å². The molecule has 0 radical (unpaired) electrons. The fourth-order valence-electron chi connectivity index (χ4n) is 3.20. The van der Waals surface area contributed by atoms with Crippen LogP contribution in [0.25, 0.3) is 0 Å². The second-order valence-corrected chi connectivity index (χ2v) is 6.83. The Bertz CT molecular complexity index is 647. The van der Waals surface area contributed by atoms with Gasteiger partial charge in [-0.1, -0.05) is 6.07 Å². The van der Waals surface area contributed by atoms with Crippen LogP contribution >= 0.6 is 11.8 Å². The Balaban J connectivity index is 1.66. The van der Waals surface area contributed by atoms with Crippen molar-refractivity contribution >= 4 is 23.6 Å². The largest absolute Gasteiger partial charge is 0.477 e. The topological polar surface area (TPSA) is 81.7 Å². The van der Waals surface area contributed by atoms with Crippen LogP contribution in [-0.2, 0) is 16.1 Å². The van der Waals surface area contributed by atoms with E-state index in [9.17, 15) is 14.7 Å². The van der Waals surface area contributed by atoms with E-state index in [1.165, 1.54) is 16.7 Å². The third-order valence-corrected chi connectivity index (χ3v) is 5.39. The third-order valence-electron chi connectivity index (χ3n) is 4.30. The first-order valence-corrected chi connectivity index (χ1v) is 8.59. The summed E-state index contributed by atoms with van der Waals surface area (Å²) in [6.07, 6.45) is 4.93. The summed E-state index contributed by atoms with van der Waals surface area (Å²) in [5.41, 5.74) is 0.136. The predicted octanol–water partition coefficient (Wildman–Crippen LogP) is 0.617. The molecule has 3 heterocycles. The lowest BCUT2D eigenvalue weighted by molar-refractivity contribution is -0.692. The van der Waals surface area contributed by atoms with E-state index in [0.29, 0.717) is 12.8 Å². The number of aliphatic hydroxyl groups is 1. The van der Waals surface area contributed by atoms with Crippen LogP contribution in [0.4, 0.5) is 0 Å². The van der Waals surface area contributed by atoms with E-state index < -0.39 is 5.97 Å². The van der Waals surface area contributed by atoms with Crippen molar-refractivity contribution in [1.29, 1.82) is 0 Å². The van der Waals surface area contributed by atoms with Gasteiger partial charge in [-0.2, -0.15) is 0 Å². The molecule has 2 aliphatic rings. The molecule has 0 aliphatic carbocycles. The average Bonchev–Trinajstić information content (AvgIpc) is 2.89. The van der Waals surface area contributed by atoms with Crippen molar-refractivity contribution in [2.75, 3.05) is 12.4 Å². The molecule has 1 saturated heterocycles. The number of amides is 1. The molecule has 3 rings (SSSR count). The van der Waals surface area contributed by atoms with Gasteiger partial charge in [0.05, 0.1) is 17.7 Å². The number of carboxylic acid groups (broad SMARTS) is 1. The summed E-state index contributed by atoms with van der Waals surface area (Å²) in [5, 5.41) is 18.5. The van der Waals surface area contributed by atoms with Crippen molar-refractivity contribution in [2.45, 2.75) is 25.4 Å². The van der Waals surface area contributed by atoms with E-state index in [1.54, 1.807) is 0 Å². The summed E-state index contributed by atoms with van der Waals surface area (Å²) in [6.45, 7) is 0.733. The lowest BCUT2D eigenvalue weighted by Crippen LogP contribution is -2.58. The van der Waals surface area contributed by atoms with Gasteiger partial charge < -0.3 is 15.1 Å². The number of aliphatic carboxylic acids is 1. The van der Waals surface area contributed by atoms with Crippen molar-refractivity contribution in [3.63, 3.8) is 0 Å². The Hall–Kier alpha value is -1.86. The van der Waals surface area contributed by atoms with E-state index >= 15 is 0 Å². The van der Waals surface area contributed by atoms with Crippen molar-refractivity contribution < 1.29 is 24.4 Å². The van der Waals surface area contributed by atoms with E-state index in [1.807, 2.05) is 35.2 Å². The Labute approximate surface area is 138 Å². The Morgan fingerprint density at radius 2 is 2.09 bits per heavy atom. The number of fused-ring (bicyclic) bond motifs is 1. The number of thioether (sulfide) groups is 1. The molecule has 23 heavy (non-hydrogen) atoms. The molecule has 6 nitrogen and oxygen atoms in total. The molecule has 122 valence electrons. The number of pyridine rings is 1. The molecule has 0 bridgehead atoms. The van der Waals surface area contributed by atoms with Crippen molar-refractivity contribution in [3.8, 4) is 0 Å². The van der Waals surface area contributed by atoms with Crippen LogP contribution in [-0.4, -0.2) is 45.4 Å². The maximum absolute atomic E-state index is 12.1. The highest BCUT2D eigenvalue weighted by Crippen LogP contribution is 2.46. The molecular formula is C16H19N2O4S+. The third kappa shape index (κ3) is 2.98. The van der Waals surface area contributed by atoms with E-state index in [2.05, 4.69) is 0 Å². The highest BCUT2D eigenvalue weighted by Gasteiger charge is 2.54. The minimum absolute atomic E-state index is 0.0454. The molecule has 1 fully saturated rings. The maximum Gasteiger partial charge on any atom is 0.353 e. The maximum atomic E-state index is 12.1. The van der Waals surface area contributed by atoms with Gasteiger partial charge in [-0.3, -0.25) is 4.79 Å². The van der Waals surface area contributed by atoms with Gasteiger partial charge in [0, 0.05) is 30.1 Å². The summed E-state index contributed by atoms with van der Waals surface area (Å²) in [7, 11) is 0. The zero-order valence-electron chi connectivity index (χ0n) is 12.6. The molecule has 1 amide bonds. The molecule has 2 N–H and O–H groups in total. The molecule has 0 spiro atoms. The van der Waals surface area contributed by atoms with Gasteiger partial charge in [0.1, 0.15) is 5.70 Å². The van der Waals surface area contributed by atoms with Gasteiger partial charge in [-0.15, -0.1) is 11.8 Å². The minimum Gasteiger partial charge on any atom is -0.477 e. The molecule has 1 aromatic rings. The smallest absolute Gasteiger partial charge is 0.353 e. The first-order chi connectivity index (χ1) is 11.1. The number of β-lactam (4-membered cyclic amide) rings is 1. The number of aromatic nitrogens is 1. The molecule has 1 unspecified atom stereocenters. The predicted molar refractivity (Wildman–Crippen MR) is 84.2 cm³/mol. The second-order valence-electron chi connectivity index (χ2n) is 5.64. The van der Waals surface area contributed by atoms with Crippen LogP contribution < -0.4 is 4.57 Å². The van der Waals surface area contributed by atoms with Gasteiger partial charge >= 0.3 is 5.97 Å². The zero-order chi connectivity index (χ0) is 16.4. The standard InChI is InChI=1S/C16H18N2O4S/c19-8-4-11-12-10-13(14(16(21)22)18(12)15(11)20)23-9-7-17-5-2-1-3-6-17/h1-3,5-6,11-12,19H,4,7-10H2/p+1/t11-,12?/m0/s1. The number of rotatable bonds is 7. The van der Waals surface area contributed by atoms with Crippen LogP contribution in [0.2, 0.25) is 0 Å². The van der Waals surface area contributed by atoms with Crippen molar-refractivity contribution in [2.24, 2.45) is 5.92 Å². The molecule has 0 aromatic carbocycles. The second kappa shape index (κ2) is 6.72. The Morgan fingerprint density at radius 1 is 1.35 bits per heavy atom. The lowest BCUT2D eigenvalue weighted by atomic mass is 9.85. The first kappa shape index (κ1) is 16.0.